The second kappa shape index (κ2) is 5.50. The first-order valence-corrected chi connectivity index (χ1v) is 6.61. The summed E-state index contributed by atoms with van der Waals surface area (Å²) in [7, 11) is 0. The standard InChI is InChI=1S/C14H19NOS/c1-10-8-12(6-7-13(10)14(15)17)16-9-11-4-2-3-5-11/h6-8,11H,2-5,9H2,1H3,(H2,15,17). The van der Waals surface area contributed by atoms with Gasteiger partial charge in [-0.25, -0.2) is 0 Å². The van der Waals surface area contributed by atoms with Crippen LogP contribution in [-0.4, -0.2) is 11.6 Å². The summed E-state index contributed by atoms with van der Waals surface area (Å²) < 4.78 is 5.82. The van der Waals surface area contributed by atoms with E-state index in [0.29, 0.717) is 4.99 Å². The molecule has 1 aliphatic carbocycles. The molecule has 1 saturated carbocycles. The minimum atomic E-state index is 0.449. The average molecular weight is 249 g/mol. The third-order valence-electron chi connectivity index (χ3n) is 3.42. The Hall–Kier alpha value is -1.09. The number of thiocarbonyl (C=S) groups is 1. The average Bonchev–Trinajstić information content (AvgIpc) is 2.78. The van der Waals surface area contributed by atoms with Crippen LogP contribution in [0.4, 0.5) is 0 Å². The Balaban J connectivity index is 1.97. The van der Waals surface area contributed by atoms with Gasteiger partial charge in [0.15, 0.2) is 0 Å². The van der Waals surface area contributed by atoms with Gasteiger partial charge in [-0.3, -0.25) is 0 Å². The number of benzene rings is 1. The van der Waals surface area contributed by atoms with E-state index in [1.54, 1.807) is 0 Å². The topological polar surface area (TPSA) is 35.2 Å². The lowest BCUT2D eigenvalue weighted by Gasteiger charge is -2.13. The van der Waals surface area contributed by atoms with E-state index < -0.39 is 0 Å². The zero-order chi connectivity index (χ0) is 12.3. The third-order valence-corrected chi connectivity index (χ3v) is 3.64. The van der Waals surface area contributed by atoms with Gasteiger partial charge in [0, 0.05) is 5.56 Å². The Morgan fingerprint density at radius 1 is 1.41 bits per heavy atom. The number of aryl methyl sites for hydroxylation is 1. The zero-order valence-corrected chi connectivity index (χ0v) is 11.1. The van der Waals surface area contributed by atoms with Crippen LogP contribution in [-0.2, 0) is 0 Å². The van der Waals surface area contributed by atoms with E-state index in [0.717, 1.165) is 29.4 Å². The zero-order valence-electron chi connectivity index (χ0n) is 10.2. The fraction of sp³-hybridized carbons (Fsp3) is 0.500. The van der Waals surface area contributed by atoms with Crippen molar-refractivity contribution >= 4 is 17.2 Å². The fourth-order valence-electron chi connectivity index (χ4n) is 2.39. The lowest BCUT2D eigenvalue weighted by molar-refractivity contribution is 0.252. The van der Waals surface area contributed by atoms with Crippen LogP contribution < -0.4 is 10.5 Å². The molecule has 92 valence electrons. The maximum Gasteiger partial charge on any atom is 0.119 e. The summed E-state index contributed by atoms with van der Waals surface area (Å²) in [6.45, 7) is 2.85. The molecule has 1 aliphatic rings. The van der Waals surface area contributed by atoms with Crippen molar-refractivity contribution in [1.82, 2.24) is 0 Å². The predicted octanol–water partition coefficient (Wildman–Crippen LogP) is 3.20. The smallest absolute Gasteiger partial charge is 0.119 e. The number of hydrogen-bond acceptors (Lipinski definition) is 2. The minimum absolute atomic E-state index is 0.449. The molecule has 0 saturated heterocycles. The van der Waals surface area contributed by atoms with Crippen molar-refractivity contribution in [2.45, 2.75) is 32.6 Å². The molecule has 2 rings (SSSR count). The van der Waals surface area contributed by atoms with E-state index >= 15 is 0 Å². The molecular formula is C14H19NOS. The maximum atomic E-state index is 5.82. The lowest BCUT2D eigenvalue weighted by Crippen LogP contribution is -2.12. The van der Waals surface area contributed by atoms with Crippen molar-refractivity contribution in [2.75, 3.05) is 6.61 Å². The van der Waals surface area contributed by atoms with Crippen molar-refractivity contribution in [3.8, 4) is 5.75 Å². The Labute approximate surface area is 108 Å². The van der Waals surface area contributed by atoms with Gasteiger partial charge >= 0.3 is 0 Å². The molecule has 0 unspecified atom stereocenters. The van der Waals surface area contributed by atoms with Crippen LogP contribution in [0.1, 0.15) is 36.8 Å². The highest BCUT2D eigenvalue weighted by atomic mass is 32.1. The third kappa shape index (κ3) is 3.19. The van der Waals surface area contributed by atoms with Gasteiger partial charge in [0.1, 0.15) is 10.7 Å². The van der Waals surface area contributed by atoms with Gasteiger partial charge in [0.25, 0.3) is 0 Å². The number of rotatable bonds is 4. The lowest BCUT2D eigenvalue weighted by atomic mass is 10.1. The first kappa shape index (κ1) is 12.4. The summed E-state index contributed by atoms with van der Waals surface area (Å²) in [5.74, 6) is 1.67. The van der Waals surface area contributed by atoms with Gasteiger partial charge < -0.3 is 10.5 Å². The van der Waals surface area contributed by atoms with E-state index in [4.69, 9.17) is 22.7 Å². The molecule has 2 nitrogen and oxygen atoms in total. The van der Waals surface area contributed by atoms with Gasteiger partial charge in [-0.15, -0.1) is 0 Å². The first-order chi connectivity index (χ1) is 8.16. The van der Waals surface area contributed by atoms with Crippen molar-refractivity contribution in [2.24, 2.45) is 11.7 Å². The van der Waals surface area contributed by atoms with Gasteiger partial charge in [0.2, 0.25) is 0 Å². The maximum absolute atomic E-state index is 5.82. The molecule has 0 aromatic heterocycles. The van der Waals surface area contributed by atoms with E-state index in [-0.39, 0.29) is 0 Å². The Morgan fingerprint density at radius 2 is 2.12 bits per heavy atom. The number of hydrogen-bond donors (Lipinski definition) is 1. The molecule has 0 radical (unpaired) electrons. The summed E-state index contributed by atoms with van der Waals surface area (Å²) in [4.78, 5) is 0.449. The highest BCUT2D eigenvalue weighted by Crippen LogP contribution is 2.26. The van der Waals surface area contributed by atoms with E-state index in [1.807, 2.05) is 25.1 Å². The fourth-order valence-corrected chi connectivity index (χ4v) is 2.62. The van der Waals surface area contributed by atoms with Crippen molar-refractivity contribution in [1.29, 1.82) is 0 Å². The Bertz CT molecular complexity index is 411. The summed E-state index contributed by atoms with van der Waals surface area (Å²) in [5.41, 5.74) is 7.65. The molecule has 1 aromatic rings. The first-order valence-electron chi connectivity index (χ1n) is 6.20. The van der Waals surface area contributed by atoms with Crippen LogP contribution in [0.5, 0.6) is 5.75 Å². The van der Waals surface area contributed by atoms with Crippen LogP contribution in [0, 0.1) is 12.8 Å². The molecule has 1 fully saturated rings. The summed E-state index contributed by atoms with van der Waals surface area (Å²) in [6, 6.07) is 5.92. The molecule has 3 heteroatoms. The monoisotopic (exact) mass is 249 g/mol. The molecule has 0 amide bonds. The molecule has 0 heterocycles. The molecular weight excluding hydrogens is 230 g/mol. The largest absolute Gasteiger partial charge is 0.493 e. The molecule has 2 N–H and O–H groups in total. The summed E-state index contributed by atoms with van der Waals surface area (Å²) in [5, 5.41) is 0. The van der Waals surface area contributed by atoms with Gasteiger partial charge in [-0.05, 0) is 49.4 Å². The molecule has 0 spiro atoms. The second-order valence-electron chi connectivity index (χ2n) is 4.80. The molecule has 0 atom stereocenters. The Kier molecular flexibility index (Phi) is 4.00. The van der Waals surface area contributed by atoms with Crippen molar-refractivity contribution in [3.63, 3.8) is 0 Å². The highest BCUT2D eigenvalue weighted by molar-refractivity contribution is 7.80. The van der Waals surface area contributed by atoms with Crippen LogP contribution in [0.3, 0.4) is 0 Å². The van der Waals surface area contributed by atoms with E-state index in [1.165, 1.54) is 25.7 Å². The quantitative estimate of drug-likeness (QED) is 0.832. The molecule has 0 aliphatic heterocycles. The van der Waals surface area contributed by atoms with Crippen molar-refractivity contribution in [3.05, 3.63) is 29.3 Å². The molecule has 1 aromatic carbocycles. The predicted molar refractivity (Wildman–Crippen MR) is 74.5 cm³/mol. The van der Waals surface area contributed by atoms with E-state index in [9.17, 15) is 0 Å². The van der Waals surface area contributed by atoms with Gasteiger partial charge in [-0.2, -0.15) is 0 Å². The normalized spacial score (nSPS) is 16.1. The van der Waals surface area contributed by atoms with Crippen LogP contribution in [0.25, 0.3) is 0 Å². The van der Waals surface area contributed by atoms with E-state index in [2.05, 4.69) is 0 Å². The molecule has 0 bridgehead atoms. The molecule has 17 heavy (non-hydrogen) atoms. The minimum Gasteiger partial charge on any atom is -0.493 e. The Morgan fingerprint density at radius 3 is 2.71 bits per heavy atom. The van der Waals surface area contributed by atoms with Crippen molar-refractivity contribution < 1.29 is 4.74 Å². The highest BCUT2D eigenvalue weighted by Gasteiger charge is 2.15. The van der Waals surface area contributed by atoms with Crippen LogP contribution in [0.15, 0.2) is 18.2 Å². The number of nitrogens with two attached hydrogens (primary N) is 1. The van der Waals surface area contributed by atoms with Crippen LogP contribution in [0.2, 0.25) is 0 Å². The van der Waals surface area contributed by atoms with Gasteiger partial charge in [-0.1, -0.05) is 25.1 Å². The number of ether oxygens (including phenoxy) is 1. The SMILES string of the molecule is Cc1cc(OCC2CCCC2)ccc1C(N)=S. The summed E-state index contributed by atoms with van der Waals surface area (Å²) >= 11 is 4.98. The summed E-state index contributed by atoms with van der Waals surface area (Å²) in [6.07, 6.45) is 5.33. The van der Waals surface area contributed by atoms with Crippen LogP contribution >= 0.6 is 12.2 Å². The van der Waals surface area contributed by atoms with Gasteiger partial charge in [0.05, 0.1) is 6.61 Å². The second-order valence-corrected chi connectivity index (χ2v) is 5.24.